The molecule has 7 heteroatoms. The number of nitrogens with zero attached hydrogens (tertiary/aromatic N) is 2. The predicted molar refractivity (Wildman–Crippen MR) is 139 cm³/mol. The average Bonchev–Trinajstić information content (AvgIpc) is 3.14. The van der Waals surface area contributed by atoms with Gasteiger partial charge in [-0.2, -0.15) is 0 Å². The zero-order chi connectivity index (χ0) is 26.1. The normalized spacial score (nSPS) is 17.2. The summed E-state index contributed by atoms with van der Waals surface area (Å²) in [5.41, 5.74) is 0.890. The van der Waals surface area contributed by atoms with E-state index >= 15 is 0 Å². The van der Waals surface area contributed by atoms with Gasteiger partial charge >= 0.3 is 0 Å². The molecular formula is C29H37FN2O4. The minimum absolute atomic E-state index is 0.00932. The van der Waals surface area contributed by atoms with E-state index in [4.69, 9.17) is 4.74 Å². The van der Waals surface area contributed by atoms with E-state index in [1.54, 1.807) is 12.1 Å². The Kier molecular flexibility index (Phi) is 10.1. The molecule has 2 aromatic carbocycles. The van der Waals surface area contributed by atoms with Crippen LogP contribution in [0.1, 0.15) is 63.1 Å². The summed E-state index contributed by atoms with van der Waals surface area (Å²) in [6, 6.07) is 11.6. The smallest absolute Gasteiger partial charge is 0.295 e. The van der Waals surface area contributed by atoms with Gasteiger partial charge in [-0.3, -0.25) is 9.59 Å². The second-order valence-electron chi connectivity index (χ2n) is 9.14. The standard InChI is InChI=1S/C29H37FN2O4/c1-4-6-17-31(18-7-5-2)19-10-20-32-26(23-11-8-9-12-24(23)36-3)25(28(34)29(32)35)27(33)21-13-15-22(30)16-14-21/h8-9,11-16,26,33H,4-7,10,17-20H2,1-3H3/b27-25-. The van der Waals surface area contributed by atoms with Crippen LogP contribution >= 0.6 is 0 Å². The lowest BCUT2D eigenvalue weighted by atomic mass is 9.94. The van der Waals surface area contributed by atoms with Crippen molar-refractivity contribution >= 4 is 17.4 Å². The van der Waals surface area contributed by atoms with Crippen molar-refractivity contribution in [2.24, 2.45) is 0 Å². The van der Waals surface area contributed by atoms with Gasteiger partial charge in [-0.05, 0) is 69.2 Å². The van der Waals surface area contributed by atoms with E-state index in [1.165, 1.54) is 36.3 Å². The molecule has 1 aliphatic heterocycles. The molecule has 1 fully saturated rings. The predicted octanol–water partition coefficient (Wildman–Crippen LogP) is 5.55. The second kappa shape index (κ2) is 13.2. The molecule has 0 aliphatic carbocycles. The fourth-order valence-corrected chi connectivity index (χ4v) is 4.65. The molecule has 36 heavy (non-hydrogen) atoms. The molecule has 6 nitrogen and oxygen atoms in total. The largest absolute Gasteiger partial charge is 0.507 e. The summed E-state index contributed by atoms with van der Waals surface area (Å²) in [6.07, 6.45) is 5.17. The summed E-state index contributed by atoms with van der Waals surface area (Å²) in [6.45, 7) is 7.55. The Morgan fingerprint density at radius 3 is 2.19 bits per heavy atom. The van der Waals surface area contributed by atoms with Gasteiger partial charge in [0, 0.05) is 17.7 Å². The first kappa shape index (κ1) is 27.4. The summed E-state index contributed by atoms with van der Waals surface area (Å²) >= 11 is 0. The molecule has 1 N–H and O–H groups in total. The van der Waals surface area contributed by atoms with Gasteiger partial charge in [0.1, 0.15) is 17.3 Å². The van der Waals surface area contributed by atoms with Crippen LogP contribution in [0.25, 0.3) is 5.76 Å². The topological polar surface area (TPSA) is 70.1 Å². The van der Waals surface area contributed by atoms with Gasteiger partial charge in [0.15, 0.2) is 0 Å². The van der Waals surface area contributed by atoms with Crippen LogP contribution in [0.4, 0.5) is 4.39 Å². The lowest BCUT2D eigenvalue weighted by Crippen LogP contribution is -2.34. The summed E-state index contributed by atoms with van der Waals surface area (Å²) in [4.78, 5) is 30.4. The Labute approximate surface area is 213 Å². The number of amides is 1. The molecule has 1 saturated heterocycles. The number of hydrogen-bond donors (Lipinski definition) is 1. The van der Waals surface area contributed by atoms with Crippen molar-refractivity contribution in [1.82, 2.24) is 9.80 Å². The molecular weight excluding hydrogens is 459 g/mol. The minimum atomic E-state index is -0.800. The van der Waals surface area contributed by atoms with Gasteiger partial charge in [0.25, 0.3) is 11.7 Å². The number of benzene rings is 2. The third kappa shape index (κ3) is 6.32. The average molecular weight is 497 g/mol. The van der Waals surface area contributed by atoms with Gasteiger partial charge < -0.3 is 19.6 Å². The monoisotopic (exact) mass is 496 g/mol. The number of hydrogen-bond acceptors (Lipinski definition) is 5. The lowest BCUT2D eigenvalue weighted by Gasteiger charge is -2.28. The molecule has 1 amide bonds. The number of para-hydroxylation sites is 1. The maximum absolute atomic E-state index is 13.5. The van der Waals surface area contributed by atoms with Gasteiger partial charge in [0.05, 0.1) is 18.7 Å². The maximum atomic E-state index is 13.5. The molecule has 2 aromatic rings. The number of unbranched alkanes of at least 4 members (excludes halogenated alkanes) is 2. The Bertz CT molecular complexity index is 1060. The Balaban J connectivity index is 1.95. The van der Waals surface area contributed by atoms with Gasteiger partial charge in [-0.25, -0.2) is 4.39 Å². The van der Waals surface area contributed by atoms with Crippen molar-refractivity contribution in [2.45, 2.75) is 52.0 Å². The van der Waals surface area contributed by atoms with Crippen LogP contribution in [-0.4, -0.2) is 59.9 Å². The van der Waals surface area contributed by atoms with Crippen molar-refractivity contribution in [3.63, 3.8) is 0 Å². The van der Waals surface area contributed by atoms with Crippen LogP contribution < -0.4 is 4.74 Å². The molecule has 3 rings (SSSR count). The van der Waals surface area contributed by atoms with Crippen molar-refractivity contribution in [3.8, 4) is 5.75 Å². The molecule has 0 spiro atoms. The van der Waals surface area contributed by atoms with Crippen LogP contribution in [0.5, 0.6) is 5.75 Å². The van der Waals surface area contributed by atoms with E-state index in [1.807, 2.05) is 12.1 Å². The molecule has 1 unspecified atom stereocenters. The number of Topliss-reactive ketones (excluding diaryl/α,β-unsaturated/α-hetero) is 1. The zero-order valence-electron chi connectivity index (χ0n) is 21.5. The first-order valence-electron chi connectivity index (χ1n) is 12.8. The highest BCUT2D eigenvalue weighted by molar-refractivity contribution is 6.46. The Morgan fingerprint density at radius 2 is 1.58 bits per heavy atom. The summed E-state index contributed by atoms with van der Waals surface area (Å²) in [5, 5.41) is 11.1. The third-order valence-electron chi connectivity index (χ3n) is 6.62. The van der Waals surface area contributed by atoms with Crippen molar-refractivity contribution < 1.29 is 23.8 Å². The molecule has 194 valence electrons. The maximum Gasteiger partial charge on any atom is 0.295 e. The van der Waals surface area contributed by atoms with Crippen molar-refractivity contribution in [3.05, 3.63) is 71.0 Å². The van der Waals surface area contributed by atoms with Gasteiger partial charge in [-0.1, -0.05) is 44.9 Å². The SMILES string of the molecule is CCCCN(CCCC)CCCN1C(=O)C(=O)/C(=C(\O)c2ccc(F)cc2)C1c1ccccc1OC. The van der Waals surface area contributed by atoms with E-state index in [9.17, 15) is 19.1 Å². The molecule has 0 saturated carbocycles. The Hall–Kier alpha value is -3.19. The number of methoxy groups -OCH3 is 1. The first-order valence-corrected chi connectivity index (χ1v) is 12.8. The highest BCUT2D eigenvalue weighted by Crippen LogP contribution is 2.42. The number of likely N-dealkylation sites (tertiary alicyclic amines) is 1. The highest BCUT2D eigenvalue weighted by atomic mass is 19.1. The molecule has 1 aliphatic rings. The number of aliphatic hydroxyl groups excluding tert-OH is 1. The van der Waals surface area contributed by atoms with Gasteiger partial charge in [0.2, 0.25) is 0 Å². The van der Waals surface area contributed by atoms with Crippen molar-refractivity contribution in [1.29, 1.82) is 0 Å². The quantitative estimate of drug-likeness (QED) is 0.224. The first-order chi connectivity index (χ1) is 17.4. The Morgan fingerprint density at radius 1 is 0.972 bits per heavy atom. The third-order valence-corrected chi connectivity index (χ3v) is 6.62. The van der Waals surface area contributed by atoms with Crippen LogP contribution in [0.15, 0.2) is 54.1 Å². The summed E-state index contributed by atoms with van der Waals surface area (Å²) < 4.78 is 19.0. The van der Waals surface area contributed by atoms with E-state index in [0.717, 1.165) is 45.3 Å². The number of carbonyl (C=O) groups excluding carboxylic acids is 2. The van der Waals surface area contributed by atoms with E-state index in [0.29, 0.717) is 24.3 Å². The fraction of sp³-hybridized carbons (Fsp3) is 0.448. The van der Waals surface area contributed by atoms with Crippen LogP contribution in [0.3, 0.4) is 0 Å². The summed E-state index contributed by atoms with van der Waals surface area (Å²) in [7, 11) is 1.53. The molecule has 0 aromatic heterocycles. The molecule has 1 atom stereocenters. The van der Waals surface area contributed by atoms with E-state index in [-0.39, 0.29) is 16.9 Å². The highest BCUT2D eigenvalue weighted by Gasteiger charge is 2.46. The fourth-order valence-electron chi connectivity index (χ4n) is 4.65. The summed E-state index contributed by atoms with van der Waals surface area (Å²) in [5.74, 6) is -1.65. The number of carbonyl (C=O) groups is 2. The van der Waals surface area contributed by atoms with Gasteiger partial charge in [-0.15, -0.1) is 0 Å². The van der Waals surface area contributed by atoms with Crippen LogP contribution in [0.2, 0.25) is 0 Å². The van der Waals surface area contributed by atoms with E-state index < -0.39 is 23.5 Å². The van der Waals surface area contributed by atoms with Crippen molar-refractivity contribution in [2.75, 3.05) is 33.3 Å². The molecule has 1 heterocycles. The number of ketones is 1. The zero-order valence-corrected chi connectivity index (χ0v) is 21.5. The van der Waals surface area contributed by atoms with Crippen LogP contribution in [0, 0.1) is 5.82 Å². The number of aliphatic hydroxyl groups is 1. The molecule has 0 radical (unpaired) electrons. The number of ether oxygens (including phenoxy) is 1. The lowest BCUT2D eigenvalue weighted by molar-refractivity contribution is -0.140. The number of halogens is 1. The minimum Gasteiger partial charge on any atom is -0.507 e. The second-order valence-corrected chi connectivity index (χ2v) is 9.14. The van der Waals surface area contributed by atoms with E-state index in [2.05, 4.69) is 18.7 Å². The number of rotatable bonds is 13. The van der Waals surface area contributed by atoms with Crippen LogP contribution in [-0.2, 0) is 9.59 Å². The molecule has 0 bridgehead atoms.